The molecule has 88 valence electrons. The maximum absolute atomic E-state index is 13.0. The molecule has 0 heterocycles. The number of hydrogen-bond acceptors (Lipinski definition) is 3. The molecule has 0 aliphatic rings. The Hall–Kier alpha value is -1.42. The summed E-state index contributed by atoms with van der Waals surface area (Å²) in [5.41, 5.74) is 1.13. The molecule has 0 N–H and O–H groups in total. The van der Waals surface area contributed by atoms with E-state index in [1.165, 1.54) is 19.1 Å². The van der Waals surface area contributed by atoms with Gasteiger partial charge in [-0.3, -0.25) is 4.79 Å². The standard InChI is InChI=1S/C12H16FNO2/c1-9(15)11-8-10(13)4-5-12(11)14(2)6-7-16-3/h4-5,8H,6-7H2,1-3H3. The van der Waals surface area contributed by atoms with Crippen molar-refractivity contribution in [2.45, 2.75) is 6.92 Å². The Balaban J connectivity index is 2.98. The lowest BCUT2D eigenvalue weighted by Crippen LogP contribution is -2.23. The van der Waals surface area contributed by atoms with E-state index in [9.17, 15) is 9.18 Å². The second-order valence-corrected chi connectivity index (χ2v) is 3.63. The summed E-state index contributed by atoms with van der Waals surface area (Å²) in [6.45, 7) is 2.65. The number of halogens is 1. The smallest absolute Gasteiger partial charge is 0.161 e. The van der Waals surface area contributed by atoms with Crippen molar-refractivity contribution >= 4 is 11.5 Å². The fourth-order valence-electron chi connectivity index (χ4n) is 1.47. The van der Waals surface area contributed by atoms with E-state index in [2.05, 4.69) is 0 Å². The number of methoxy groups -OCH3 is 1. The van der Waals surface area contributed by atoms with Crippen LogP contribution in [-0.2, 0) is 4.74 Å². The van der Waals surface area contributed by atoms with Crippen LogP contribution in [0.2, 0.25) is 0 Å². The lowest BCUT2D eigenvalue weighted by Gasteiger charge is -2.21. The van der Waals surface area contributed by atoms with Gasteiger partial charge in [-0.15, -0.1) is 0 Å². The van der Waals surface area contributed by atoms with Crippen LogP contribution in [0.1, 0.15) is 17.3 Å². The number of likely N-dealkylation sites (N-methyl/N-ethyl adjacent to an activating group) is 1. The average molecular weight is 225 g/mol. The molecule has 0 radical (unpaired) electrons. The van der Waals surface area contributed by atoms with Gasteiger partial charge in [0.2, 0.25) is 0 Å². The van der Waals surface area contributed by atoms with Crippen LogP contribution in [-0.4, -0.2) is 33.1 Å². The van der Waals surface area contributed by atoms with Crippen molar-refractivity contribution in [2.24, 2.45) is 0 Å². The SMILES string of the molecule is COCCN(C)c1ccc(F)cc1C(C)=O. The highest BCUT2D eigenvalue weighted by molar-refractivity contribution is 5.99. The summed E-state index contributed by atoms with van der Waals surface area (Å²) in [7, 11) is 3.46. The van der Waals surface area contributed by atoms with E-state index in [0.717, 1.165) is 5.69 Å². The van der Waals surface area contributed by atoms with Gasteiger partial charge in [0.1, 0.15) is 5.82 Å². The molecule has 1 aromatic rings. The zero-order chi connectivity index (χ0) is 12.1. The third-order valence-electron chi connectivity index (χ3n) is 2.38. The Morgan fingerprint density at radius 1 is 1.50 bits per heavy atom. The van der Waals surface area contributed by atoms with E-state index >= 15 is 0 Å². The molecule has 0 aromatic heterocycles. The van der Waals surface area contributed by atoms with Crippen LogP contribution in [0.15, 0.2) is 18.2 Å². The van der Waals surface area contributed by atoms with Crippen LogP contribution in [0.5, 0.6) is 0 Å². The number of hydrogen-bond donors (Lipinski definition) is 0. The summed E-state index contributed by atoms with van der Waals surface area (Å²) in [5.74, 6) is -0.534. The number of rotatable bonds is 5. The monoisotopic (exact) mass is 225 g/mol. The first-order valence-electron chi connectivity index (χ1n) is 5.07. The van der Waals surface area contributed by atoms with Gasteiger partial charge >= 0.3 is 0 Å². The number of carbonyl (C=O) groups excluding carboxylic acids is 1. The highest BCUT2D eigenvalue weighted by Gasteiger charge is 2.11. The highest BCUT2D eigenvalue weighted by atomic mass is 19.1. The molecule has 0 unspecified atom stereocenters. The van der Waals surface area contributed by atoms with Crippen molar-refractivity contribution in [3.8, 4) is 0 Å². The summed E-state index contributed by atoms with van der Waals surface area (Å²) >= 11 is 0. The second kappa shape index (κ2) is 5.61. The molecular weight excluding hydrogens is 209 g/mol. The second-order valence-electron chi connectivity index (χ2n) is 3.63. The molecule has 0 aliphatic carbocycles. The van der Waals surface area contributed by atoms with Gasteiger partial charge < -0.3 is 9.64 Å². The van der Waals surface area contributed by atoms with Crippen molar-refractivity contribution in [1.29, 1.82) is 0 Å². The number of ether oxygens (including phenoxy) is 1. The Morgan fingerprint density at radius 3 is 2.75 bits per heavy atom. The van der Waals surface area contributed by atoms with E-state index in [1.54, 1.807) is 13.2 Å². The minimum Gasteiger partial charge on any atom is -0.383 e. The zero-order valence-electron chi connectivity index (χ0n) is 9.79. The number of ketones is 1. The quantitative estimate of drug-likeness (QED) is 0.719. The summed E-state index contributed by atoms with van der Waals surface area (Å²) in [5, 5.41) is 0. The van der Waals surface area contributed by atoms with Gasteiger partial charge in [0.25, 0.3) is 0 Å². The van der Waals surface area contributed by atoms with Gasteiger partial charge in [0.15, 0.2) is 5.78 Å². The molecule has 0 saturated carbocycles. The predicted octanol–water partition coefficient (Wildman–Crippen LogP) is 2.11. The molecule has 16 heavy (non-hydrogen) atoms. The number of benzene rings is 1. The maximum Gasteiger partial charge on any atom is 0.161 e. The minimum absolute atomic E-state index is 0.140. The summed E-state index contributed by atoms with van der Waals surface area (Å²) in [4.78, 5) is 13.2. The molecule has 3 nitrogen and oxygen atoms in total. The third kappa shape index (κ3) is 3.03. The summed E-state index contributed by atoms with van der Waals surface area (Å²) in [6, 6.07) is 4.23. The number of carbonyl (C=O) groups is 1. The summed E-state index contributed by atoms with van der Waals surface area (Å²) in [6.07, 6.45) is 0. The van der Waals surface area contributed by atoms with Crippen molar-refractivity contribution in [3.63, 3.8) is 0 Å². The Labute approximate surface area is 94.8 Å². The van der Waals surface area contributed by atoms with E-state index in [-0.39, 0.29) is 5.78 Å². The molecule has 0 atom stereocenters. The highest BCUT2D eigenvalue weighted by Crippen LogP contribution is 2.21. The van der Waals surface area contributed by atoms with Crippen LogP contribution in [0, 0.1) is 5.82 Å². The van der Waals surface area contributed by atoms with E-state index in [1.807, 2.05) is 11.9 Å². The Morgan fingerprint density at radius 2 is 2.19 bits per heavy atom. The molecule has 0 spiro atoms. The molecule has 0 saturated heterocycles. The molecular formula is C12H16FNO2. The van der Waals surface area contributed by atoms with Crippen molar-refractivity contribution in [3.05, 3.63) is 29.6 Å². The fraction of sp³-hybridized carbons (Fsp3) is 0.417. The van der Waals surface area contributed by atoms with Gasteiger partial charge in [0.05, 0.1) is 6.61 Å². The Bertz CT molecular complexity index is 379. The van der Waals surface area contributed by atoms with E-state index in [4.69, 9.17) is 4.74 Å². The normalized spacial score (nSPS) is 10.2. The topological polar surface area (TPSA) is 29.5 Å². The first-order chi connectivity index (χ1) is 7.56. The third-order valence-corrected chi connectivity index (χ3v) is 2.38. The van der Waals surface area contributed by atoms with Gasteiger partial charge in [0, 0.05) is 32.0 Å². The van der Waals surface area contributed by atoms with Crippen LogP contribution in [0.4, 0.5) is 10.1 Å². The van der Waals surface area contributed by atoms with E-state index < -0.39 is 5.82 Å². The van der Waals surface area contributed by atoms with Crippen molar-refractivity contribution in [2.75, 3.05) is 32.2 Å². The van der Waals surface area contributed by atoms with Gasteiger partial charge in [-0.2, -0.15) is 0 Å². The van der Waals surface area contributed by atoms with Crippen molar-refractivity contribution < 1.29 is 13.9 Å². The predicted molar refractivity (Wildman–Crippen MR) is 61.6 cm³/mol. The van der Waals surface area contributed by atoms with Crippen LogP contribution >= 0.6 is 0 Å². The molecule has 0 aliphatic heterocycles. The Kier molecular flexibility index (Phi) is 4.43. The van der Waals surface area contributed by atoms with Gasteiger partial charge in [-0.1, -0.05) is 0 Å². The molecule has 1 aromatic carbocycles. The zero-order valence-corrected chi connectivity index (χ0v) is 9.79. The molecule has 0 amide bonds. The van der Waals surface area contributed by atoms with Crippen LogP contribution in [0.3, 0.4) is 0 Å². The lowest BCUT2D eigenvalue weighted by molar-refractivity contribution is 0.101. The first kappa shape index (κ1) is 12.6. The number of anilines is 1. The van der Waals surface area contributed by atoms with Gasteiger partial charge in [-0.05, 0) is 25.1 Å². The minimum atomic E-state index is -0.394. The fourth-order valence-corrected chi connectivity index (χ4v) is 1.47. The van der Waals surface area contributed by atoms with Crippen LogP contribution in [0.25, 0.3) is 0 Å². The molecule has 1 rings (SSSR count). The average Bonchev–Trinajstić information content (AvgIpc) is 2.25. The lowest BCUT2D eigenvalue weighted by atomic mass is 10.1. The van der Waals surface area contributed by atoms with Crippen LogP contribution < -0.4 is 4.90 Å². The van der Waals surface area contributed by atoms with E-state index in [0.29, 0.717) is 18.7 Å². The van der Waals surface area contributed by atoms with Crippen molar-refractivity contribution in [1.82, 2.24) is 0 Å². The number of nitrogens with zero attached hydrogens (tertiary/aromatic N) is 1. The first-order valence-corrected chi connectivity index (χ1v) is 5.07. The molecule has 0 bridgehead atoms. The number of Topliss-reactive ketones (excluding diaryl/α,β-unsaturated/α-hetero) is 1. The summed E-state index contributed by atoms with van der Waals surface area (Å²) < 4.78 is 18.0. The molecule has 0 fully saturated rings. The largest absolute Gasteiger partial charge is 0.383 e. The maximum atomic E-state index is 13.0. The molecule has 4 heteroatoms. The van der Waals surface area contributed by atoms with Gasteiger partial charge in [-0.25, -0.2) is 4.39 Å².